The van der Waals surface area contributed by atoms with Gasteiger partial charge in [0.05, 0.1) is 0 Å². The molecule has 5 heteroatoms. The summed E-state index contributed by atoms with van der Waals surface area (Å²) in [7, 11) is 4.11. The van der Waals surface area contributed by atoms with Gasteiger partial charge in [-0.25, -0.2) is 9.67 Å². The Labute approximate surface area is 96.1 Å². The van der Waals surface area contributed by atoms with E-state index in [1.54, 1.807) is 0 Å². The van der Waals surface area contributed by atoms with E-state index in [0.717, 1.165) is 44.0 Å². The van der Waals surface area contributed by atoms with Gasteiger partial charge in [-0.3, -0.25) is 0 Å². The van der Waals surface area contributed by atoms with Gasteiger partial charge in [-0.15, -0.1) is 0 Å². The maximum Gasteiger partial charge on any atom is 0.152 e. The van der Waals surface area contributed by atoms with E-state index >= 15 is 0 Å². The average molecular weight is 224 g/mol. The standard InChI is InChI=1S/C11H20N4O/c1-14(2)5-4-10-12-11-7-9(8-16)3-6-15(11)13-10/h9,16H,3-8H2,1-2H3. The predicted octanol–water partition coefficient (Wildman–Crippen LogP) is -0.0631. The molecule has 1 N–H and O–H groups in total. The summed E-state index contributed by atoms with van der Waals surface area (Å²) < 4.78 is 2.00. The monoisotopic (exact) mass is 224 g/mol. The molecule has 1 aliphatic heterocycles. The highest BCUT2D eigenvalue weighted by Crippen LogP contribution is 2.18. The van der Waals surface area contributed by atoms with Crippen molar-refractivity contribution in [2.45, 2.75) is 25.8 Å². The molecular weight excluding hydrogens is 204 g/mol. The van der Waals surface area contributed by atoms with Crippen LogP contribution in [0.15, 0.2) is 0 Å². The lowest BCUT2D eigenvalue weighted by molar-refractivity contribution is 0.196. The SMILES string of the molecule is CN(C)CCc1nc2n(n1)CCC(CO)C2. The van der Waals surface area contributed by atoms with Gasteiger partial charge in [0.25, 0.3) is 0 Å². The number of aryl methyl sites for hydroxylation is 1. The second kappa shape index (κ2) is 4.93. The third-order valence-corrected chi connectivity index (χ3v) is 3.05. The lowest BCUT2D eigenvalue weighted by atomic mass is 9.99. The minimum Gasteiger partial charge on any atom is -0.396 e. The third-order valence-electron chi connectivity index (χ3n) is 3.05. The highest BCUT2D eigenvalue weighted by molar-refractivity contribution is 4.98. The lowest BCUT2D eigenvalue weighted by Gasteiger charge is -2.19. The second-order valence-electron chi connectivity index (χ2n) is 4.76. The van der Waals surface area contributed by atoms with Crippen molar-refractivity contribution in [2.75, 3.05) is 27.2 Å². The van der Waals surface area contributed by atoms with Crippen LogP contribution in [0.3, 0.4) is 0 Å². The summed E-state index contributed by atoms with van der Waals surface area (Å²) in [5.74, 6) is 2.35. The minimum atomic E-state index is 0.264. The number of likely N-dealkylation sites (N-methyl/N-ethyl adjacent to an activating group) is 1. The highest BCUT2D eigenvalue weighted by Gasteiger charge is 2.20. The quantitative estimate of drug-likeness (QED) is 0.778. The molecule has 0 aliphatic carbocycles. The molecule has 1 unspecified atom stereocenters. The average Bonchev–Trinajstić information content (AvgIpc) is 2.67. The van der Waals surface area contributed by atoms with E-state index in [1.807, 2.05) is 4.68 Å². The van der Waals surface area contributed by atoms with E-state index < -0.39 is 0 Å². The van der Waals surface area contributed by atoms with Crippen molar-refractivity contribution in [3.8, 4) is 0 Å². The Hall–Kier alpha value is -0.940. The zero-order valence-corrected chi connectivity index (χ0v) is 10.1. The van der Waals surface area contributed by atoms with Crippen molar-refractivity contribution in [3.05, 3.63) is 11.6 Å². The molecule has 2 heterocycles. The van der Waals surface area contributed by atoms with Gasteiger partial charge in [0, 0.05) is 32.5 Å². The minimum absolute atomic E-state index is 0.264. The van der Waals surface area contributed by atoms with Gasteiger partial charge in [-0.2, -0.15) is 5.10 Å². The Morgan fingerprint density at radius 3 is 3.00 bits per heavy atom. The molecule has 0 aromatic carbocycles. The van der Waals surface area contributed by atoms with Crippen molar-refractivity contribution in [1.82, 2.24) is 19.7 Å². The largest absolute Gasteiger partial charge is 0.396 e. The van der Waals surface area contributed by atoms with Gasteiger partial charge in [0.2, 0.25) is 0 Å². The summed E-state index contributed by atoms with van der Waals surface area (Å²) in [6, 6.07) is 0. The lowest BCUT2D eigenvalue weighted by Crippen LogP contribution is -2.22. The predicted molar refractivity (Wildman–Crippen MR) is 61.2 cm³/mol. The van der Waals surface area contributed by atoms with Crippen LogP contribution in [0.4, 0.5) is 0 Å². The van der Waals surface area contributed by atoms with Crippen molar-refractivity contribution in [3.63, 3.8) is 0 Å². The number of aliphatic hydroxyl groups is 1. The molecular formula is C11H20N4O. The Kier molecular flexibility index (Phi) is 3.56. The number of hydrogen-bond donors (Lipinski definition) is 1. The summed E-state index contributed by atoms with van der Waals surface area (Å²) in [6.45, 7) is 2.14. The van der Waals surface area contributed by atoms with Crippen molar-refractivity contribution < 1.29 is 5.11 Å². The molecule has 0 radical (unpaired) electrons. The topological polar surface area (TPSA) is 54.2 Å². The first kappa shape index (κ1) is 11.5. The number of nitrogens with zero attached hydrogens (tertiary/aromatic N) is 4. The smallest absolute Gasteiger partial charge is 0.152 e. The second-order valence-corrected chi connectivity index (χ2v) is 4.76. The fourth-order valence-corrected chi connectivity index (χ4v) is 2.01. The van der Waals surface area contributed by atoms with E-state index in [4.69, 9.17) is 5.11 Å². The van der Waals surface area contributed by atoms with Crippen LogP contribution < -0.4 is 0 Å². The third kappa shape index (κ3) is 2.59. The van der Waals surface area contributed by atoms with E-state index in [0.29, 0.717) is 5.92 Å². The van der Waals surface area contributed by atoms with E-state index in [9.17, 15) is 0 Å². The summed E-state index contributed by atoms with van der Waals surface area (Å²) >= 11 is 0. The van der Waals surface area contributed by atoms with Crippen LogP contribution in [-0.2, 0) is 19.4 Å². The molecule has 0 fully saturated rings. The number of fused-ring (bicyclic) bond motifs is 1. The van der Waals surface area contributed by atoms with E-state index in [2.05, 4.69) is 29.1 Å². The number of aliphatic hydroxyl groups excluding tert-OH is 1. The van der Waals surface area contributed by atoms with Gasteiger partial charge >= 0.3 is 0 Å². The van der Waals surface area contributed by atoms with E-state index in [1.165, 1.54) is 0 Å². The molecule has 1 aromatic rings. The molecule has 0 amide bonds. The van der Waals surface area contributed by atoms with Crippen LogP contribution in [0.5, 0.6) is 0 Å². The van der Waals surface area contributed by atoms with Crippen LogP contribution in [0.2, 0.25) is 0 Å². The van der Waals surface area contributed by atoms with Gasteiger partial charge in [0.1, 0.15) is 5.82 Å². The fourth-order valence-electron chi connectivity index (χ4n) is 2.01. The first-order chi connectivity index (χ1) is 7.69. The highest BCUT2D eigenvalue weighted by atomic mass is 16.3. The van der Waals surface area contributed by atoms with Crippen LogP contribution in [0, 0.1) is 5.92 Å². The summed E-state index contributed by atoms with van der Waals surface area (Å²) in [6.07, 6.45) is 2.78. The van der Waals surface area contributed by atoms with Crippen molar-refractivity contribution in [2.24, 2.45) is 5.92 Å². The molecule has 0 saturated carbocycles. The number of aromatic nitrogens is 3. The van der Waals surface area contributed by atoms with Gasteiger partial charge < -0.3 is 10.0 Å². The molecule has 1 aromatic heterocycles. The molecule has 0 bridgehead atoms. The zero-order valence-electron chi connectivity index (χ0n) is 10.1. The van der Waals surface area contributed by atoms with Crippen LogP contribution >= 0.6 is 0 Å². The van der Waals surface area contributed by atoms with Crippen molar-refractivity contribution in [1.29, 1.82) is 0 Å². The first-order valence-electron chi connectivity index (χ1n) is 5.87. The van der Waals surface area contributed by atoms with Crippen molar-refractivity contribution >= 4 is 0 Å². The summed E-state index contributed by atoms with van der Waals surface area (Å²) in [5.41, 5.74) is 0. The van der Waals surface area contributed by atoms with Gasteiger partial charge in [-0.05, 0) is 26.4 Å². The van der Waals surface area contributed by atoms with Gasteiger partial charge in [0.15, 0.2) is 5.82 Å². The Morgan fingerprint density at radius 2 is 2.31 bits per heavy atom. The maximum absolute atomic E-state index is 9.14. The molecule has 1 aliphatic rings. The molecule has 90 valence electrons. The van der Waals surface area contributed by atoms with Crippen LogP contribution in [0.1, 0.15) is 18.1 Å². The normalized spacial score (nSPS) is 20.1. The first-order valence-corrected chi connectivity index (χ1v) is 5.87. The van der Waals surface area contributed by atoms with E-state index in [-0.39, 0.29) is 6.61 Å². The molecule has 5 nitrogen and oxygen atoms in total. The number of hydrogen-bond acceptors (Lipinski definition) is 4. The number of rotatable bonds is 4. The molecule has 1 atom stereocenters. The maximum atomic E-state index is 9.14. The molecule has 0 spiro atoms. The molecule has 0 saturated heterocycles. The molecule has 16 heavy (non-hydrogen) atoms. The Bertz CT molecular complexity index is 348. The van der Waals surface area contributed by atoms with Crippen LogP contribution in [-0.4, -0.2) is 52.0 Å². The Morgan fingerprint density at radius 1 is 1.50 bits per heavy atom. The summed E-state index contributed by atoms with van der Waals surface area (Å²) in [4.78, 5) is 6.67. The Balaban J connectivity index is 2.01. The zero-order chi connectivity index (χ0) is 11.5. The van der Waals surface area contributed by atoms with Crippen LogP contribution in [0.25, 0.3) is 0 Å². The fraction of sp³-hybridized carbons (Fsp3) is 0.818. The summed E-state index contributed by atoms with van der Waals surface area (Å²) in [5, 5.41) is 13.6. The molecule has 2 rings (SSSR count). The van der Waals surface area contributed by atoms with Gasteiger partial charge in [-0.1, -0.05) is 0 Å².